The molecule has 3 heterocycles. The predicted molar refractivity (Wildman–Crippen MR) is 30.2 cm³/mol. The van der Waals surface area contributed by atoms with E-state index < -0.39 is 0 Å². The lowest BCUT2D eigenvalue weighted by atomic mass is 10.3. The lowest BCUT2D eigenvalue weighted by Gasteiger charge is -1.95. The van der Waals surface area contributed by atoms with Crippen molar-refractivity contribution >= 4 is 11.1 Å². The van der Waals surface area contributed by atoms with Crippen molar-refractivity contribution in [1.29, 1.82) is 0 Å². The molecule has 0 aliphatic carbocycles. The predicted octanol–water partition coefficient (Wildman–Crippen LogP) is 1.39. The van der Waals surface area contributed by atoms with Crippen molar-refractivity contribution in [2.24, 2.45) is 0 Å². The highest BCUT2D eigenvalue weighted by Gasteiger charge is 2.23. The van der Waals surface area contributed by atoms with Crippen molar-refractivity contribution < 1.29 is 9.36 Å². The first kappa shape index (κ1) is 3.61. The zero-order valence-electron chi connectivity index (χ0n) is 4.50. The summed E-state index contributed by atoms with van der Waals surface area (Å²) in [6, 6.07) is 5.78. The maximum absolute atomic E-state index is 5.09. The van der Waals surface area contributed by atoms with Gasteiger partial charge in [-0.05, 0) is 17.0 Å². The van der Waals surface area contributed by atoms with Gasteiger partial charge in [0, 0.05) is 0 Å². The third-order valence-corrected chi connectivity index (χ3v) is 1.51. The van der Waals surface area contributed by atoms with Gasteiger partial charge in [0.15, 0.2) is 5.52 Å². The van der Waals surface area contributed by atoms with Gasteiger partial charge in [0.1, 0.15) is 0 Å². The molecule has 0 atom stereocenters. The summed E-state index contributed by atoms with van der Waals surface area (Å²) in [6.45, 7) is 0. The summed E-state index contributed by atoms with van der Waals surface area (Å²) in [7, 11) is 0. The Kier molecular flexibility index (Phi) is 0.344. The minimum atomic E-state index is 0.826. The van der Waals surface area contributed by atoms with E-state index in [1.165, 1.54) is 4.90 Å². The molecule has 1 aromatic carbocycles. The Balaban J connectivity index is 2.70. The minimum absolute atomic E-state index is 0.826. The van der Waals surface area contributed by atoms with E-state index in [2.05, 4.69) is 0 Å². The van der Waals surface area contributed by atoms with E-state index in [0.717, 1.165) is 16.8 Å². The van der Waals surface area contributed by atoms with Crippen LogP contribution in [0.3, 0.4) is 0 Å². The first-order valence-corrected chi connectivity index (χ1v) is 2.74. The molecule has 0 N–H and O–H groups in total. The maximum atomic E-state index is 5.09. The number of nitrogens with zero attached hydrogens (tertiary/aromatic N) is 1. The molecule has 0 saturated carbocycles. The molecular weight excluding hydrogens is 118 g/mol. The molecule has 0 saturated heterocycles. The van der Waals surface area contributed by atoms with Crippen LogP contribution in [0.1, 0.15) is 0 Å². The Morgan fingerprint density at radius 3 is 3.11 bits per heavy atom. The van der Waals surface area contributed by atoms with Crippen LogP contribution in [0.15, 0.2) is 22.7 Å². The Morgan fingerprint density at radius 1 is 1.33 bits per heavy atom. The van der Waals surface area contributed by atoms with Crippen molar-refractivity contribution in [1.82, 2.24) is 4.90 Å². The van der Waals surface area contributed by atoms with Crippen LogP contribution in [-0.4, -0.2) is 4.90 Å². The summed E-state index contributed by atoms with van der Waals surface area (Å²) < 4.78 is 4.99. The van der Waals surface area contributed by atoms with Gasteiger partial charge in [0.25, 0.3) is 0 Å². The number of aromatic nitrogens is 1. The average molecular weight is 121 g/mol. The normalized spacial score (nSPS) is 13.3. The molecule has 3 heteroatoms. The SMILES string of the molecule is c1cc2c3on(c3c1)O2. The summed E-state index contributed by atoms with van der Waals surface area (Å²) in [5.74, 6) is 0.826. The van der Waals surface area contributed by atoms with Crippen molar-refractivity contribution in [3.8, 4) is 5.75 Å². The number of hydrogen-bond acceptors (Lipinski definition) is 2. The van der Waals surface area contributed by atoms with Crippen LogP contribution >= 0.6 is 0 Å². The minimum Gasteiger partial charge on any atom is -0.341 e. The largest absolute Gasteiger partial charge is 0.341 e. The molecular formula is C6H3NO2. The van der Waals surface area contributed by atoms with Crippen LogP contribution in [0.2, 0.25) is 0 Å². The quantitative estimate of drug-likeness (QED) is 0.449. The number of hydrogen-bond donors (Lipinski definition) is 0. The van der Waals surface area contributed by atoms with Crippen LogP contribution in [-0.2, 0) is 0 Å². The monoisotopic (exact) mass is 121 g/mol. The van der Waals surface area contributed by atoms with Crippen LogP contribution in [0.25, 0.3) is 11.1 Å². The second kappa shape index (κ2) is 0.857. The number of benzene rings is 1. The Bertz CT molecular complexity index is 371. The standard InChI is InChI=1S/C6H3NO2/c1-2-4-6-5(3-1)8-7(4)9-6/h1-3H. The second-order valence-corrected chi connectivity index (χ2v) is 2.04. The molecule has 2 aromatic rings. The summed E-state index contributed by atoms with van der Waals surface area (Å²) in [4.78, 5) is 6.50. The Labute approximate surface area is 50.3 Å². The molecule has 0 unspecified atom stereocenters. The highest BCUT2D eigenvalue weighted by molar-refractivity contribution is 5.83. The molecule has 0 radical (unpaired) electrons. The van der Waals surface area contributed by atoms with Gasteiger partial charge in [-0.2, -0.15) is 0 Å². The highest BCUT2D eigenvalue weighted by Crippen LogP contribution is 2.35. The average Bonchev–Trinajstić information content (AvgIpc) is 2.30. The van der Waals surface area contributed by atoms with Gasteiger partial charge in [-0.1, -0.05) is 6.07 Å². The van der Waals surface area contributed by atoms with Crippen LogP contribution in [0.4, 0.5) is 0 Å². The van der Waals surface area contributed by atoms with E-state index >= 15 is 0 Å². The van der Waals surface area contributed by atoms with E-state index in [9.17, 15) is 0 Å². The number of rotatable bonds is 0. The first-order chi connectivity index (χ1) is 4.45. The zero-order valence-corrected chi connectivity index (χ0v) is 4.50. The second-order valence-electron chi connectivity index (χ2n) is 2.04. The summed E-state index contributed by atoms with van der Waals surface area (Å²) in [6.07, 6.45) is 0. The molecule has 4 bridgehead atoms. The fourth-order valence-electron chi connectivity index (χ4n) is 1.06. The molecule has 4 rings (SSSR count). The van der Waals surface area contributed by atoms with Crippen molar-refractivity contribution in [2.45, 2.75) is 0 Å². The van der Waals surface area contributed by atoms with Gasteiger partial charge in [0.2, 0.25) is 11.3 Å². The fourth-order valence-corrected chi connectivity index (χ4v) is 1.06. The van der Waals surface area contributed by atoms with E-state index in [1.54, 1.807) is 0 Å². The maximum Gasteiger partial charge on any atom is 0.235 e. The fraction of sp³-hybridized carbons (Fsp3) is 0. The van der Waals surface area contributed by atoms with E-state index in [-0.39, 0.29) is 0 Å². The lowest BCUT2D eigenvalue weighted by molar-refractivity contribution is 0.0747. The van der Waals surface area contributed by atoms with Crippen LogP contribution in [0, 0.1) is 0 Å². The van der Waals surface area contributed by atoms with Crippen molar-refractivity contribution in [2.75, 3.05) is 0 Å². The van der Waals surface area contributed by atoms with E-state index in [1.807, 2.05) is 18.2 Å². The molecule has 0 spiro atoms. The first-order valence-electron chi connectivity index (χ1n) is 2.74. The van der Waals surface area contributed by atoms with Gasteiger partial charge in [0.05, 0.1) is 0 Å². The molecule has 1 aromatic heterocycles. The van der Waals surface area contributed by atoms with Gasteiger partial charge < -0.3 is 9.36 Å². The van der Waals surface area contributed by atoms with Crippen molar-refractivity contribution in [3.63, 3.8) is 0 Å². The summed E-state index contributed by atoms with van der Waals surface area (Å²) >= 11 is 0. The topological polar surface area (TPSA) is 27.3 Å². The van der Waals surface area contributed by atoms with Gasteiger partial charge in [-0.15, -0.1) is 0 Å². The molecule has 44 valence electrons. The summed E-state index contributed by atoms with van der Waals surface area (Å²) in [5, 5.41) is 0. The van der Waals surface area contributed by atoms with Gasteiger partial charge in [-0.25, -0.2) is 0 Å². The van der Waals surface area contributed by atoms with Crippen LogP contribution in [0.5, 0.6) is 5.75 Å². The zero-order chi connectivity index (χ0) is 5.84. The molecule has 2 aliphatic rings. The highest BCUT2D eigenvalue weighted by atomic mass is 16.9. The summed E-state index contributed by atoms with van der Waals surface area (Å²) in [5.41, 5.74) is 1.91. The molecule has 3 nitrogen and oxygen atoms in total. The smallest absolute Gasteiger partial charge is 0.235 e. The van der Waals surface area contributed by atoms with Gasteiger partial charge in [-0.3, -0.25) is 0 Å². The Morgan fingerprint density at radius 2 is 2.33 bits per heavy atom. The number of para-hydroxylation sites is 1. The molecule has 2 aliphatic heterocycles. The molecule has 0 amide bonds. The lowest BCUT2D eigenvalue weighted by Crippen LogP contribution is -1.97. The van der Waals surface area contributed by atoms with E-state index in [4.69, 9.17) is 9.36 Å². The van der Waals surface area contributed by atoms with Crippen LogP contribution < -0.4 is 4.84 Å². The molecule has 0 fully saturated rings. The Hall–Kier alpha value is -1.38. The van der Waals surface area contributed by atoms with E-state index in [0.29, 0.717) is 0 Å². The van der Waals surface area contributed by atoms with Gasteiger partial charge >= 0.3 is 0 Å². The van der Waals surface area contributed by atoms with Crippen molar-refractivity contribution in [3.05, 3.63) is 18.2 Å². The third kappa shape index (κ3) is 0.233. The third-order valence-electron chi connectivity index (χ3n) is 1.51. The molecule has 9 heavy (non-hydrogen) atoms.